The fraction of sp³-hybridized carbons (Fsp3) is 0.310. The number of aromatic nitrogens is 5. The first-order valence-electron chi connectivity index (χ1n) is 12.7. The number of tetrazole rings is 1. The van der Waals surface area contributed by atoms with Crippen molar-refractivity contribution in [3.63, 3.8) is 0 Å². The van der Waals surface area contributed by atoms with Crippen molar-refractivity contribution in [1.82, 2.24) is 30.1 Å². The fourth-order valence-corrected chi connectivity index (χ4v) is 4.64. The smallest absolute Gasteiger partial charge is 0.253 e. The predicted octanol–water partition coefficient (Wildman–Crippen LogP) is 5.05. The third-order valence-electron chi connectivity index (χ3n) is 7.08. The molecule has 0 aliphatic carbocycles. The van der Waals surface area contributed by atoms with Crippen LogP contribution in [0, 0.1) is 0 Å². The largest absolute Gasteiger partial charge is 0.497 e. The highest BCUT2D eigenvalue weighted by atomic mass is 16.5. The van der Waals surface area contributed by atoms with Crippen LogP contribution in [0.5, 0.6) is 5.75 Å². The van der Waals surface area contributed by atoms with Gasteiger partial charge < -0.3 is 14.1 Å². The minimum atomic E-state index is -0.569. The van der Waals surface area contributed by atoms with E-state index in [0.29, 0.717) is 30.2 Å². The van der Waals surface area contributed by atoms with Crippen LogP contribution in [-0.2, 0) is 18.6 Å². The zero-order valence-corrected chi connectivity index (χ0v) is 22.1. The summed E-state index contributed by atoms with van der Waals surface area (Å²) >= 11 is 0. The van der Waals surface area contributed by atoms with Crippen LogP contribution in [0.2, 0.25) is 0 Å². The van der Waals surface area contributed by atoms with Crippen LogP contribution in [0.25, 0.3) is 10.9 Å². The zero-order chi connectivity index (χ0) is 26.7. The van der Waals surface area contributed by atoms with E-state index >= 15 is 0 Å². The molecule has 9 nitrogen and oxygen atoms in total. The molecule has 0 radical (unpaired) electrons. The number of fused-ring (bicyclic) bond motifs is 1. The maximum Gasteiger partial charge on any atom is 0.253 e. The van der Waals surface area contributed by atoms with Gasteiger partial charge in [-0.05, 0) is 72.7 Å². The average Bonchev–Trinajstić information content (AvgIpc) is 3.62. The molecule has 1 atom stereocenters. The average molecular weight is 513 g/mol. The molecule has 0 amide bonds. The van der Waals surface area contributed by atoms with Gasteiger partial charge in [0.2, 0.25) is 0 Å². The number of nitrogens with zero attached hydrogens (tertiary/aromatic N) is 5. The molecule has 5 aromatic rings. The highest BCUT2D eigenvalue weighted by Crippen LogP contribution is 2.33. The zero-order valence-electron chi connectivity index (χ0n) is 22.1. The van der Waals surface area contributed by atoms with Crippen molar-refractivity contribution in [3.05, 3.63) is 106 Å². The van der Waals surface area contributed by atoms with Gasteiger partial charge in [0.05, 0.1) is 25.5 Å². The second-order valence-corrected chi connectivity index (χ2v) is 9.99. The molecule has 0 bridgehead atoms. The fourth-order valence-electron chi connectivity index (χ4n) is 4.64. The van der Waals surface area contributed by atoms with E-state index in [1.807, 2.05) is 59.3 Å². The minimum Gasteiger partial charge on any atom is -0.497 e. The van der Waals surface area contributed by atoms with E-state index in [9.17, 15) is 4.79 Å². The first-order valence-corrected chi connectivity index (χ1v) is 12.7. The molecule has 0 aliphatic heterocycles. The lowest BCUT2D eigenvalue weighted by molar-refractivity contribution is 0.168. The van der Waals surface area contributed by atoms with Crippen molar-refractivity contribution in [2.24, 2.45) is 0 Å². The van der Waals surface area contributed by atoms with E-state index in [2.05, 4.69) is 58.3 Å². The van der Waals surface area contributed by atoms with Crippen molar-refractivity contribution < 1.29 is 9.15 Å². The van der Waals surface area contributed by atoms with Gasteiger partial charge in [-0.15, -0.1) is 5.10 Å². The molecule has 2 aromatic carbocycles. The van der Waals surface area contributed by atoms with E-state index in [-0.39, 0.29) is 11.1 Å². The summed E-state index contributed by atoms with van der Waals surface area (Å²) in [6.45, 7) is 7.27. The van der Waals surface area contributed by atoms with Crippen molar-refractivity contribution in [2.45, 2.75) is 51.9 Å². The lowest BCUT2D eigenvalue weighted by Gasteiger charge is -2.33. The Balaban J connectivity index is 1.73. The third kappa shape index (κ3) is 5.10. The Morgan fingerprint density at radius 1 is 1.08 bits per heavy atom. The van der Waals surface area contributed by atoms with Gasteiger partial charge >= 0.3 is 0 Å². The second-order valence-electron chi connectivity index (χ2n) is 9.99. The van der Waals surface area contributed by atoms with E-state index in [1.165, 1.54) is 0 Å². The summed E-state index contributed by atoms with van der Waals surface area (Å²) in [4.78, 5) is 18.9. The van der Waals surface area contributed by atoms with E-state index in [1.54, 1.807) is 13.4 Å². The molecule has 9 heteroatoms. The minimum absolute atomic E-state index is 0.200. The van der Waals surface area contributed by atoms with Crippen molar-refractivity contribution in [2.75, 3.05) is 7.11 Å². The highest BCUT2D eigenvalue weighted by Gasteiger charge is 2.35. The molecule has 3 aromatic heterocycles. The van der Waals surface area contributed by atoms with Crippen molar-refractivity contribution >= 4 is 10.9 Å². The summed E-state index contributed by atoms with van der Waals surface area (Å²) in [5.41, 5.74) is 1.79. The van der Waals surface area contributed by atoms with Gasteiger partial charge in [-0.3, -0.25) is 9.69 Å². The molecule has 5 rings (SSSR count). The van der Waals surface area contributed by atoms with Gasteiger partial charge in [-0.25, -0.2) is 4.68 Å². The normalized spacial score (nSPS) is 12.8. The Labute approximate surface area is 221 Å². The molecule has 0 spiro atoms. The number of ether oxygens (including phenoxy) is 1. The summed E-state index contributed by atoms with van der Waals surface area (Å²) < 4.78 is 13.0. The Bertz CT molecular complexity index is 1560. The van der Waals surface area contributed by atoms with E-state index in [0.717, 1.165) is 28.6 Å². The molecule has 1 N–H and O–H groups in total. The molecule has 1 unspecified atom stereocenters. The van der Waals surface area contributed by atoms with E-state index in [4.69, 9.17) is 9.15 Å². The maximum atomic E-state index is 13.7. The second kappa shape index (κ2) is 10.6. The molecule has 0 aliphatic rings. The number of hydrogen-bond donors (Lipinski definition) is 1. The van der Waals surface area contributed by atoms with E-state index < -0.39 is 6.04 Å². The topological polar surface area (TPSA) is 102 Å². The van der Waals surface area contributed by atoms with Crippen LogP contribution in [0.4, 0.5) is 0 Å². The standard InChI is InChI=1S/C29H32N6O3/c1-5-29(2,3)35-27(31-32-33-35)26(24-17-21-16-22(37-4)13-14-25(21)30-28(24)36)34(19-23-12-9-15-38-23)18-20-10-7-6-8-11-20/h6-17,26H,5,18-19H2,1-4H3,(H,30,36). The van der Waals surface area contributed by atoms with Gasteiger partial charge in [0.25, 0.3) is 5.56 Å². The van der Waals surface area contributed by atoms with Crippen LogP contribution in [0.15, 0.2) is 82.2 Å². The molecule has 196 valence electrons. The van der Waals surface area contributed by atoms with Gasteiger partial charge in [0.15, 0.2) is 5.82 Å². The Morgan fingerprint density at radius 2 is 1.89 bits per heavy atom. The summed E-state index contributed by atoms with van der Waals surface area (Å²) in [5, 5.41) is 13.8. The monoisotopic (exact) mass is 512 g/mol. The Hall–Kier alpha value is -4.24. The number of methoxy groups -OCH3 is 1. The summed E-state index contributed by atoms with van der Waals surface area (Å²) in [7, 11) is 1.63. The Kier molecular flexibility index (Phi) is 7.11. The Morgan fingerprint density at radius 3 is 2.61 bits per heavy atom. The van der Waals surface area contributed by atoms with Gasteiger partial charge in [0.1, 0.15) is 17.6 Å². The number of aromatic amines is 1. The van der Waals surface area contributed by atoms with Crippen LogP contribution in [0.1, 0.15) is 55.9 Å². The molecule has 0 saturated carbocycles. The molecular formula is C29H32N6O3. The molecular weight excluding hydrogens is 480 g/mol. The quantitative estimate of drug-likeness (QED) is 0.279. The summed E-state index contributed by atoms with van der Waals surface area (Å²) in [5.74, 6) is 2.08. The number of furan rings is 1. The first-order chi connectivity index (χ1) is 18.4. The SMILES string of the molecule is CCC(C)(C)n1nnnc1C(c1cc2cc(OC)ccc2[nH]c1=O)N(Cc1ccccc1)Cc1ccco1. The van der Waals surface area contributed by atoms with Crippen molar-refractivity contribution in [1.29, 1.82) is 0 Å². The molecule has 0 fully saturated rings. The number of rotatable bonds is 10. The molecule has 0 saturated heterocycles. The summed E-state index contributed by atoms with van der Waals surface area (Å²) in [6.07, 6.45) is 2.46. The third-order valence-corrected chi connectivity index (χ3v) is 7.08. The maximum absolute atomic E-state index is 13.7. The van der Waals surface area contributed by atoms with Gasteiger partial charge in [-0.1, -0.05) is 37.3 Å². The highest BCUT2D eigenvalue weighted by molar-refractivity contribution is 5.80. The van der Waals surface area contributed by atoms with Crippen LogP contribution in [-0.4, -0.2) is 37.2 Å². The number of nitrogens with one attached hydrogen (secondary N) is 1. The lowest BCUT2D eigenvalue weighted by atomic mass is 9.98. The van der Waals surface area contributed by atoms with Gasteiger partial charge in [0, 0.05) is 23.0 Å². The predicted molar refractivity (Wildman–Crippen MR) is 145 cm³/mol. The number of benzene rings is 2. The lowest BCUT2D eigenvalue weighted by Crippen LogP contribution is -2.38. The molecule has 38 heavy (non-hydrogen) atoms. The number of hydrogen-bond acceptors (Lipinski definition) is 7. The first kappa shape index (κ1) is 25.4. The number of pyridine rings is 1. The van der Waals surface area contributed by atoms with Crippen LogP contribution in [0.3, 0.4) is 0 Å². The number of H-pyrrole nitrogens is 1. The summed E-state index contributed by atoms with van der Waals surface area (Å²) in [6, 6.07) is 20.9. The van der Waals surface area contributed by atoms with Gasteiger partial charge in [-0.2, -0.15) is 0 Å². The van der Waals surface area contributed by atoms with Crippen LogP contribution < -0.4 is 10.3 Å². The van der Waals surface area contributed by atoms with Crippen LogP contribution >= 0.6 is 0 Å². The molecule has 3 heterocycles. The van der Waals surface area contributed by atoms with Crippen molar-refractivity contribution in [3.8, 4) is 5.75 Å².